The molecule has 0 saturated carbocycles. The number of hydrogen-bond donors (Lipinski definition) is 1. The highest BCUT2D eigenvalue weighted by molar-refractivity contribution is 7.71. The van der Waals surface area contributed by atoms with Crippen LogP contribution in [-0.4, -0.2) is 16.6 Å². The van der Waals surface area contributed by atoms with Gasteiger partial charge in [-0.3, -0.25) is 0 Å². The Kier molecular flexibility index (Phi) is 4.42. The maximum absolute atomic E-state index is 5.47. The highest BCUT2D eigenvalue weighted by atomic mass is 32.1. The summed E-state index contributed by atoms with van der Waals surface area (Å²) in [6.45, 7) is 8.73. The zero-order chi connectivity index (χ0) is 11.4. The van der Waals surface area contributed by atoms with E-state index in [1.807, 2.05) is 20.8 Å². The second kappa shape index (κ2) is 5.37. The number of nitrogens with zero attached hydrogens (tertiary/aromatic N) is 1. The van der Waals surface area contributed by atoms with Crippen LogP contribution in [0.3, 0.4) is 0 Å². The van der Waals surface area contributed by atoms with Crippen molar-refractivity contribution in [3.05, 3.63) is 21.7 Å². The van der Waals surface area contributed by atoms with Gasteiger partial charge in [-0.2, -0.15) is 0 Å². The van der Waals surface area contributed by atoms with Gasteiger partial charge in [0.2, 0.25) is 0 Å². The summed E-state index contributed by atoms with van der Waals surface area (Å²) in [7, 11) is 0. The van der Waals surface area contributed by atoms with Crippen molar-refractivity contribution in [2.24, 2.45) is 0 Å². The van der Waals surface area contributed by atoms with Crippen LogP contribution in [0.4, 0.5) is 0 Å². The number of aromatic amines is 1. The molecule has 0 aliphatic heterocycles. The number of ether oxygens (including phenoxy) is 1. The minimum absolute atomic E-state index is 0.0266. The van der Waals surface area contributed by atoms with Gasteiger partial charge in [0, 0.05) is 17.9 Å². The molecule has 0 amide bonds. The van der Waals surface area contributed by atoms with Crippen LogP contribution in [0, 0.1) is 11.6 Å². The standard InChI is InChI=1S/C11H18N2OS/c1-5-9-7(3)12-10(13-11(9)15)8(4)14-6-2/h8H,5-6H2,1-4H3,(H,12,13,15). The summed E-state index contributed by atoms with van der Waals surface area (Å²) >= 11 is 5.24. The third-order valence-electron chi connectivity index (χ3n) is 2.40. The highest BCUT2D eigenvalue weighted by Gasteiger charge is 2.10. The number of rotatable bonds is 4. The zero-order valence-corrected chi connectivity index (χ0v) is 10.6. The highest BCUT2D eigenvalue weighted by Crippen LogP contribution is 2.15. The van der Waals surface area contributed by atoms with E-state index in [1.54, 1.807) is 0 Å². The van der Waals surface area contributed by atoms with E-state index in [0.29, 0.717) is 11.2 Å². The monoisotopic (exact) mass is 226 g/mol. The van der Waals surface area contributed by atoms with Crippen molar-refractivity contribution in [1.82, 2.24) is 9.97 Å². The van der Waals surface area contributed by atoms with Crippen molar-refractivity contribution in [3.8, 4) is 0 Å². The Labute approximate surface area is 95.9 Å². The van der Waals surface area contributed by atoms with E-state index in [4.69, 9.17) is 17.0 Å². The summed E-state index contributed by atoms with van der Waals surface area (Å²) in [6.07, 6.45) is 0.888. The second-order valence-electron chi connectivity index (χ2n) is 3.48. The molecule has 4 heteroatoms. The largest absolute Gasteiger partial charge is 0.371 e. The topological polar surface area (TPSA) is 37.9 Å². The molecule has 0 aromatic carbocycles. The normalized spacial score (nSPS) is 12.8. The van der Waals surface area contributed by atoms with Gasteiger partial charge in [0.1, 0.15) is 16.6 Å². The molecule has 0 spiro atoms. The molecule has 1 aromatic heterocycles. The molecule has 1 rings (SSSR count). The third-order valence-corrected chi connectivity index (χ3v) is 2.74. The van der Waals surface area contributed by atoms with Crippen molar-refractivity contribution in [1.29, 1.82) is 0 Å². The van der Waals surface area contributed by atoms with Gasteiger partial charge in [-0.1, -0.05) is 19.1 Å². The molecule has 0 fully saturated rings. The van der Waals surface area contributed by atoms with Crippen molar-refractivity contribution in [2.45, 2.75) is 40.2 Å². The number of hydrogen-bond acceptors (Lipinski definition) is 3. The summed E-state index contributed by atoms with van der Waals surface area (Å²) in [4.78, 5) is 7.61. The molecule has 0 bridgehead atoms. The van der Waals surface area contributed by atoms with Crippen molar-refractivity contribution < 1.29 is 4.74 Å². The van der Waals surface area contributed by atoms with E-state index in [-0.39, 0.29) is 6.10 Å². The third kappa shape index (κ3) is 2.86. The second-order valence-corrected chi connectivity index (χ2v) is 3.87. The first-order chi connectivity index (χ1) is 7.10. The molecule has 84 valence electrons. The predicted octanol–water partition coefficient (Wildman–Crippen LogP) is 3.11. The fourth-order valence-corrected chi connectivity index (χ4v) is 1.97. The summed E-state index contributed by atoms with van der Waals surface area (Å²) in [5.41, 5.74) is 2.22. The SMILES string of the molecule is CCOC(C)c1nc(=S)c(CC)c(C)[nH]1. The van der Waals surface area contributed by atoms with Crippen molar-refractivity contribution in [2.75, 3.05) is 6.61 Å². The summed E-state index contributed by atoms with van der Waals surface area (Å²) < 4.78 is 6.16. The predicted molar refractivity (Wildman–Crippen MR) is 63.6 cm³/mol. The molecule has 3 nitrogen and oxygen atoms in total. The zero-order valence-electron chi connectivity index (χ0n) is 9.76. The Bertz CT molecular complexity index is 387. The van der Waals surface area contributed by atoms with Crippen LogP contribution in [-0.2, 0) is 11.2 Å². The molecule has 1 N–H and O–H groups in total. The lowest BCUT2D eigenvalue weighted by Gasteiger charge is -2.13. The van der Waals surface area contributed by atoms with Gasteiger partial charge in [0.05, 0.1) is 0 Å². The first-order valence-electron chi connectivity index (χ1n) is 5.31. The van der Waals surface area contributed by atoms with E-state index >= 15 is 0 Å². The van der Waals surface area contributed by atoms with Gasteiger partial charge >= 0.3 is 0 Å². The van der Waals surface area contributed by atoms with Gasteiger partial charge < -0.3 is 9.72 Å². The van der Waals surface area contributed by atoms with Crippen LogP contribution in [0.5, 0.6) is 0 Å². The molecule has 1 heterocycles. The Morgan fingerprint density at radius 2 is 2.13 bits per heavy atom. The van der Waals surface area contributed by atoms with Gasteiger partial charge in [0.15, 0.2) is 0 Å². The average molecular weight is 226 g/mol. The maximum Gasteiger partial charge on any atom is 0.136 e. The molecule has 0 aliphatic rings. The lowest BCUT2D eigenvalue weighted by Crippen LogP contribution is -2.08. The lowest BCUT2D eigenvalue weighted by molar-refractivity contribution is 0.0698. The van der Waals surface area contributed by atoms with Crippen LogP contribution in [0.1, 0.15) is 44.0 Å². The van der Waals surface area contributed by atoms with Gasteiger partial charge in [0.25, 0.3) is 0 Å². The smallest absolute Gasteiger partial charge is 0.136 e. The summed E-state index contributed by atoms with van der Waals surface area (Å²) in [5, 5.41) is 0. The number of aryl methyl sites for hydroxylation is 1. The van der Waals surface area contributed by atoms with Crippen LogP contribution in [0.15, 0.2) is 0 Å². The van der Waals surface area contributed by atoms with Crippen molar-refractivity contribution >= 4 is 12.2 Å². The van der Waals surface area contributed by atoms with Gasteiger partial charge in [-0.15, -0.1) is 0 Å². The molecule has 1 atom stereocenters. The minimum Gasteiger partial charge on any atom is -0.371 e. The summed E-state index contributed by atoms with van der Waals surface area (Å²) in [6, 6.07) is 0. The molecule has 1 aromatic rings. The van der Waals surface area contributed by atoms with Crippen LogP contribution in [0.2, 0.25) is 0 Å². The minimum atomic E-state index is -0.0266. The average Bonchev–Trinajstić information content (AvgIpc) is 2.17. The van der Waals surface area contributed by atoms with E-state index in [0.717, 1.165) is 23.5 Å². The first-order valence-corrected chi connectivity index (χ1v) is 5.72. The Hall–Kier alpha value is -0.740. The van der Waals surface area contributed by atoms with Crippen LogP contribution < -0.4 is 0 Å². The molecular weight excluding hydrogens is 208 g/mol. The van der Waals surface area contributed by atoms with Gasteiger partial charge in [-0.25, -0.2) is 4.98 Å². The Balaban J connectivity index is 3.08. The quantitative estimate of drug-likeness (QED) is 0.802. The van der Waals surface area contributed by atoms with Crippen LogP contribution in [0.25, 0.3) is 0 Å². The Morgan fingerprint density at radius 1 is 1.47 bits per heavy atom. The maximum atomic E-state index is 5.47. The van der Waals surface area contributed by atoms with E-state index < -0.39 is 0 Å². The summed E-state index contributed by atoms with van der Waals surface area (Å²) in [5.74, 6) is 0.816. The lowest BCUT2D eigenvalue weighted by atomic mass is 10.2. The van der Waals surface area contributed by atoms with E-state index in [9.17, 15) is 0 Å². The molecule has 15 heavy (non-hydrogen) atoms. The fourth-order valence-electron chi connectivity index (χ4n) is 1.57. The van der Waals surface area contributed by atoms with E-state index in [2.05, 4.69) is 16.9 Å². The molecule has 1 unspecified atom stereocenters. The molecule has 0 saturated heterocycles. The number of H-pyrrole nitrogens is 1. The Morgan fingerprint density at radius 3 is 2.60 bits per heavy atom. The molecular formula is C11H18N2OS. The number of aromatic nitrogens is 2. The molecule has 0 aliphatic carbocycles. The van der Waals surface area contributed by atoms with E-state index in [1.165, 1.54) is 0 Å². The van der Waals surface area contributed by atoms with Crippen LogP contribution >= 0.6 is 12.2 Å². The fraction of sp³-hybridized carbons (Fsp3) is 0.636. The van der Waals surface area contributed by atoms with Gasteiger partial charge in [-0.05, 0) is 27.2 Å². The van der Waals surface area contributed by atoms with Crippen molar-refractivity contribution in [3.63, 3.8) is 0 Å². The number of nitrogens with one attached hydrogen (secondary N) is 1. The first kappa shape index (κ1) is 12.3. The molecule has 0 radical (unpaired) electrons.